The number of hydrogen-bond donors (Lipinski definition) is 1. The first-order chi connectivity index (χ1) is 7.29. The van der Waals surface area contributed by atoms with Crippen molar-refractivity contribution in [2.45, 2.75) is 25.3 Å². The van der Waals surface area contributed by atoms with Crippen LogP contribution >= 0.6 is 0 Å². The summed E-state index contributed by atoms with van der Waals surface area (Å²) < 4.78 is 2.06. The van der Waals surface area contributed by atoms with E-state index in [-0.39, 0.29) is 6.61 Å². The van der Waals surface area contributed by atoms with Crippen LogP contribution in [0.4, 0.5) is 0 Å². The van der Waals surface area contributed by atoms with Gasteiger partial charge in [-0.15, -0.1) is 0 Å². The average Bonchev–Trinajstić information content (AvgIpc) is 2.67. The molecule has 1 aliphatic heterocycles. The molecule has 1 aromatic rings. The Morgan fingerprint density at radius 1 is 1.60 bits per heavy atom. The molecule has 1 aromatic heterocycles. The Kier molecular flexibility index (Phi) is 3.38. The number of aromatic nitrogens is 2. The summed E-state index contributed by atoms with van der Waals surface area (Å²) in [4.78, 5) is 2.35. The van der Waals surface area contributed by atoms with Crippen molar-refractivity contribution in [3.63, 3.8) is 0 Å². The molecule has 0 aromatic carbocycles. The maximum Gasteiger partial charge on any atom is 0.0646 e. The predicted molar refractivity (Wildman–Crippen MR) is 58.8 cm³/mol. The van der Waals surface area contributed by atoms with Crippen molar-refractivity contribution in [2.75, 3.05) is 26.7 Å². The summed E-state index contributed by atoms with van der Waals surface area (Å²) in [6.45, 7) is 2.48. The standard InChI is InChI=1S/C11H19N3O/c1-13-5-2-3-11(9-13)14-8-10(4-6-15)7-12-14/h7-8,11,15H,2-6,9H2,1H3. The fourth-order valence-electron chi connectivity index (χ4n) is 2.19. The summed E-state index contributed by atoms with van der Waals surface area (Å²) >= 11 is 0. The highest BCUT2D eigenvalue weighted by Gasteiger charge is 2.19. The Morgan fingerprint density at radius 3 is 3.20 bits per heavy atom. The molecule has 0 bridgehead atoms. The van der Waals surface area contributed by atoms with Gasteiger partial charge in [-0.25, -0.2) is 0 Å². The van der Waals surface area contributed by atoms with Gasteiger partial charge in [0.1, 0.15) is 0 Å². The predicted octanol–water partition coefficient (Wildman–Crippen LogP) is 0.685. The molecular weight excluding hydrogens is 190 g/mol. The molecule has 0 saturated carbocycles. The summed E-state index contributed by atoms with van der Waals surface area (Å²) in [5, 5.41) is 13.2. The molecule has 1 saturated heterocycles. The topological polar surface area (TPSA) is 41.3 Å². The van der Waals surface area contributed by atoms with E-state index >= 15 is 0 Å². The molecule has 1 unspecified atom stereocenters. The third-order valence-electron chi connectivity index (χ3n) is 3.03. The second kappa shape index (κ2) is 4.77. The van der Waals surface area contributed by atoms with Gasteiger partial charge in [0.05, 0.1) is 12.2 Å². The summed E-state index contributed by atoms with van der Waals surface area (Å²) in [5.41, 5.74) is 1.13. The van der Waals surface area contributed by atoms with Gasteiger partial charge < -0.3 is 10.0 Å². The van der Waals surface area contributed by atoms with Crippen LogP contribution in [0, 0.1) is 0 Å². The van der Waals surface area contributed by atoms with Crippen LogP contribution in [0.25, 0.3) is 0 Å². The van der Waals surface area contributed by atoms with Gasteiger partial charge in [0, 0.05) is 19.3 Å². The molecule has 2 rings (SSSR count). The van der Waals surface area contributed by atoms with Crippen LogP contribution in [-0.2, 0) is 6.42 Å². The van der Waals surface area contributed by atoms with Crippen molar-refractivity contribution in [3.8, 4) is 0 Å². The van der Waals surface area contributed by atoms with Gasteiger partial charge in [-0.1, -0.05) is 0 Å². The fraction of sp³-hybridized carbons (Fsp3) is 0.727. The molecule has 0 radical (unpaired) electrons. The third kappa shape index (κ3) is 2.58. The summed E-state index contributed by atoms with van der Waals surface area (Å²) in [6, 6.07) is 0.510. The van der Waals surface area contributed by atoms with Crippen LogP contribution in [0.5, 0.6) is 0 Å². The molecule has 1 aliphatic rings. The lowest BCUT2D eigenvalue weighted by atomic mass is 10.1. The van der Waals surface area contributed by atoms with Crippen LogP contribution in [0.2, 0.25) is 0 Å². The normalized spacial score (nSPS) is 23.2. The largest absolute Gasteiger partial charge is 0.396 e. The first-order valence-electron chi connectivity index (χ1n) is 5.62. The number of hydrogen-bond acceptors (Lipinski definition) is 3. The summed E-state index contributed by atoms with van der Waals surface area (Å²) in [6.07, 6.45) is 7.11. The maximum atomic E-state index is 8.84. The fourth-order valence-corrected chi connectivity index (χ4v) is 2.19. The van der Waals surface area contributed by atoms with E-state index in [1.807, 2.05) is 6.20 Å². The molecule has 0 amide bonds. The number of likely N-dealkylation sites (tertiary alicyclic amines) is 1. The number of piperidine rings is 1. The molecule has 84 valence electrons. The number of likely N-dealkylation sites (N-methyl/N-ethyl adjacent to an activating group) is 1. The molecule has 1 fully saturated rings. The number of aliphatic hydroxyl groups is 1. The summed E-state index contributed by atoms with van der Waals surface area (Å²) in [5.74, 6) is 0. The minimum Gasteiger partial charge on any atom is -0.396 e. The minimum absolute atomic E-state index is 0.205. The molecular formula is C11H19N3O. The van der Waals surface area contributed by atoms with Crippen molar-refractivity contribution >= 4 is 0 Å². The molecule has 4 nitrogen and oxygen atoms in total. The molecule has 0 spiro atoms. The lowest BCUT2D eigenvalue weighted by molar-refractivity contribution is 0.202. The third-order valence-corrected chi connectivity index (χ3v) is 3.03. The van der Waals surface area contributed by atoms with Gasteiger partial charge >= 0.3 is 0 Å². The smallest absolute Gasteiger partial charge is 0.0646 e. The van der Waals surface area contributed by atoms with E-state index < -0.39 is 0 Å². The zero-order valence-corrected chi connectivity index (χ0v) is 9.26. The number of aliphatic hydroxyl groups excluding tert-OH is 1. The second-order valence-corrected chi connectivity index (χ2v) is 4.36. The van der Waals surface area contributed by atoms with Gasteiger partial charge in [0.15, 0.2) is 0 Å². The average molecular weight is 209 g/mol. The van der Waals surface area contributed by atoms with E-state index in [0.717, 1.165) is 12.1 Å². The van der Waals surface area contributed by atoms with E-state index in [2.05, 4.69) is 27.9 Å². The van der Waals surface area contributed by atoms with Crippen LogP contribution < -0.4 is 0 Å². The zero-order chi connectivity index (χ0) is 10.7. The number of rotatable bonds is 3. The molecule has 15 heavy (non-hydrogen) atoms. The van der Waals surface area contributed by atoms with Gasteiger partial charge in [0.25, 0.3) is 0 Å². The van der Waals surface area contributed by atoms with Crippen molar-refractivity contribution < 1.29 is 5.11 Å². The Hall–Kier alpha value is -0.870. The van der Waals surface area contributed by atoms with Crippen LogP contribution in [0.15, 0.2) is 12.4 Å². The molecule has 2 heterocycles. The van der Waals surface area contributed by atoms with Gasteiger partial charge in [-0.3, -0.25) is 4.68 Å². The Labute approximate surface area is 90.5 Å². The monoisotopic (exact) mass is 209 g/mol. The molecule has 1 atom stereocenters. The highest BCUT2D eigenvalue weighted by molar-refractivity contribution is 5.04. The number of nitrogens with zero attached hydrogens (tertiary/aromatic N) is 3. The SMILES string of the molecule is CN1CCCC(n2cc(CCO)cn2)C1. The Bertz CT molecular complexity index is 311. The van der Waals surface area contributed by atoms with Gasteiger partial charge in [0.2, 0.25) is 0 Å². The molecule has 4 heteroatoms. The maximum absolute atomic E-state index is 8.84. The first kappa shape index (κ1) is 10.6. The first-order valence-corrected chi connectivity index (χ1v) is 5.62. The van der Waals surface area contributed by atoms with E-state index in [1.165, 1.54) is 19.4 Å². The van der Waals surface area contributed by atoms with Gasteiger partial charge in [-0.05, 0) is 38.4 Å². The summed E-state index contributed by atoms with van der Waals surface area (Å²) in [7, 11) is 2.16. The quantitative estimate of drug-likeness (QED) is 0.796. The second-order valence-electron chi connectivity index (χ2n) is 4.36. The van der Waals surface area contributed by atoms with E-state index in [4.69, 9.17) is 5.11 Å². The highest BCUT2D eigenvalue weighted by atomic mass is 16.2. The van der Waals surface area contributed by atoms with Crippen LogP contribution in [-0.4, -0.2) is 46.5 Å². The zero-order valence-electron chi connectivity index (χ0n) is 9.26. The Morgan fingerprint density at radius 2 is 2.47 bits per heavy atom. The van der Waals surface area contributed by atoms with Crippen molar-refractivity contribution in [2.24, 2.45) is 0 Å². The van der Waals surface area contributed by atoms with Crippen LogP contribution in [0.1, 0.15) is 24.4 Å². The lowest BCUT2D eigenvalue weighted by Gasteiger charge is -2.29. The van der Waals surface area contributed by atoms with E-state index in [1.54, 1.807) is 0 Å². The van der Waals surface area contributed by atoms with E-state index in [0.29, 0.717) is 12.5 Å². The van der Waals surface area contributed by atoms with Crippen molar-refractivity contribution in [1.82, 2.24) is 14.7 Å². The van der Waals surface area contributed by atoms with E-state index in [9.17, 15) is 0 Å². The van der Waals surface area contributed by atoms with Crippen LogP contribution in [0.3, 0.4) is 0 Å². The van der Waals surface area contributed by atoms with Gasteiger partial charge in [-0.2, -0.15) is 5.10 Å². The van der Waals surface area contributed by atoms with Crippen molar-refractivity contribution in [1.29, 1.82) is 0 Å². The molecule has 1 N–H and O–H groups in total. The molecule has 0 aliphatic carbocycles. The minimum atomic E-state index is 0.205. The lowest BCUT2D eigenvalue weighted by Crippen LogP contribution is -2.33. The van der Waals surface area contributed by atoms with Crippen molar-refractivity contribution in [3.05, 3.63) is 18.0 Å². The Balaban J connectivity index is 2.01. The highest BCUT2D eigenvalue weighted by Crippen LogP contribution is 2.19.